The van der Waals surface area contributed by atoms with E-state index in [0.29, 0.717) is 48.6 Å². The molecule has 3 aromatic heterocycles. The molecule has 41 heavy (non-hydrogen) atoms. The highest BCUT2D eigenvalue weighted by Crippen LogP contribution is 2.38. The number of nitrogens with one attached hydrogen (secondary N) is 1. The summed E-state index contributed by atoms with van der Waals surface area (Å²) in [6, 6.07) is 8.79. The van der Waals surface area contributed by atoms with E-state index < -0.39 is 0 Å². The van der Waals surface area contributed by atoms with Crippen molar-refractivity contribution in [3.63, 3.8) is 0 Å². The monoisotopic (exact) mass is 555 g/mol. The van der Waals surface area contributed by atoms with Gasteiger partial charge >= 0.3 is 6.03 Å². The van der Waals surface area contributed by atoms with Crippen molar-refractivity contribution < 1.29 is 14.0 Å². The zero-order chi connectivity index (χ0) is 28.2. The van der Waals surface area contributed by atoms with E-state index >= 15 is 4.39 Å². The minimum Gasteiger partial charge on any atom is -0.348 e. The van der Waals surface area contributed by atoms with E-state index in [9.17, 15) is 9.59 Å². The molecule has 3 aliphatic rings. The maximum absolute atomic E-state index is 15.2. The number of carbonyl (C=O) groups excluding carboxylic acids is 2. The normalized spacial score (nSPS) is 18.4. The lowest BCUT2D eigenvalue weighted by atomic mass is 9.97. The largest absolute Gasteiger partial charge is 0.348 e. The van der Waals surface area contributed by atoms with Crippen molar-refractivity contribution in [1.82, 2.24) is 34.0 Å². The molecule has 1 N–H and O–H groups in total. The highest BCUT2D eigenvalue weighted by atomic mass is 19.1. The summed E-state index contributed by atoms with van der Waals surface area (Å²) < 4.78 is 19.2. The maximum atomic E-state index is 15.2. The van der Waals surface area contributed by atoms with Crippen LogP contribution in [0.25, 0.3) is 27.7 Å². The molecule has 3 aliphatic heterocycles. The van der Waals surface area contributed by atoms with Gasteiger partial charge in [-0.1, -0.05) is 6.07 Å². The Balaban J connectivity index is 1.23. The van der Waals surface area contributed by atoms with Crippen LogP contribution in [0.5, 0.6) is 0 Å². The van der Waals surface area contributed by atoms with Gasteiger partial charge in [0, 0.05) is 68.7 Å². The van der Waals surface area contributed by atoms with Crippen LogP contribution in [0.2, 0.25) is 0 Å². The molecule has 0 aliphatic carbocycles. The summed E-state index contributed by atoms with van der Waals surface area (Å²) >= 11 is 0. The molecule has 1 aromatic carbocycles. The Morgan fingerprint density at radius 3 is 2.83 bits per heavy atom. The second kappa shape index (κ2) is 10.0. The van der Waals surface area contributed by atoms with E-state index in [1.807, 2.05) is 51.8 Å². The summed E-state index contributed by atoms with van der Waals surface area (Å²) in [5, 5.41) is 3.66. The zero-order valence-corrected chi connectivity index (χ0v) is 23.4. The van der Waals surface area contributed by atoms with Crippen molar-refractivity contribution in [2.45, 2.75) is 25.9 Å². The van der Waals surface area contributed by atoms with Gasteiger partial charge in [-0.2, -0.15) is 0 Å². The lowest BCUT2D eigenvalue weighted by molar-refractivity contribution is -0.114. The minimum atomic E-state index is -0.379. The predicted octanol–water partition coefficient (Wildman–Crippen LogP) is 3.68. The van der Waals surface area contributed by atoms with Crippen molar-refractivity contribution in [1.29, 1.82) is 0 Å². The zero-order valence-electron chi connectivity index (χ0n) is 23.4. The molecule has 212 valence electrons. The van der Waals surface area contributed by atoms with E-state index in [4.69, 9.17) is 0 Å². The van der Waals surface area contributed by atoms with Gasteiger partial charge in [0.1, 0.15) is 11.5 Å². The Bertz CT molecular complexity index is 1710. The number of imidazole rings is 1. The highest BCUT2D eigenvalue weighted by molar-refractivity contribution is 6.32. The summed E-state index contributed by atoms with van der Waals surface area (Å²) in [4.78, 5) is 37.3. The number of piperidine rings is 1. The smallest absolute Gasteiger partial charge is 0.320 e. The van der Waals surface area contributed by atoms with Crippen LogP contribution in [0.15, 0.2) is 48.9 Å². The molecule has 10 heteroatoms. The van der Waals surface area contributed by atoms with Crippen molar-refractivity contribution in [3.8, 4) is 0 Å². The van der Waals surface area contributed by atoms with Crippen molar-refractivity contribution in [2.24, 2.45) is 5.92 Å². The SMILES string of the molecule is CN1CCC(CN(C)C(=O)N2CCn3cc(C4=C(c5cnc6ccccn56)CNC4=O)c4cc(F)cc(c43)C2)CC1. The molecular weight excluding hydrogens is 521 g/mol. The number of likely N-dealkylation sites (tertiary alicyclic amines) is 1. The number of rotatable bonds is 4. The van der Waals surface area contributed by atoms with Gasteiger partial charge in [0.25, 0.3) is 5.91 Å². The van der Waals surface area contributed by atoms with Crippen LogP contribution in [0.4, 0.5) is 9.18 Å². The van der Waals surface area contributed by atoms with Gasteiger partial charge in [0.2, 0.25) is 0 Å². The molecular formula is C31H34FN7O2. The van der Waals surface area contributed by atoms with Crippen LogP contribution in [0.3, 0.4) is 0 Å². The lowest BCUT2D eigenvalue weighted by Gasteiger charge is -2.33. The third kappa shape index (κ3) is 4.46. The first-order valence-corrected chi connectivity index (χ1v) is 14.3. The first-order chi connectivity index (χ1) is 19.9. The number of amides is 3. The lowest BCUT2D eigenvalue weighted by Crippen LogP contribution is -2.44. The number of halogens is 1. The van der Waals surface area contributed by atoms with Gasteiger partial charge in [-0.3, -0.25) is 9.20 Å². The standard InChI is InChI=1S/C31H34FN7O2/c1-35-9-6-20(7-10-35)17-36(2)31(41)38-12-11-37-19-25(23-14-22(32)13-21(18-38)29(23)37)28-24(15-34-30(28)40)26-16-33-27-5-3-4-8-39(26)27/h3-5,8,13-14,16,19-20H,6-7,9-12,15,17-18H2,1-2H3,(H,34,40). The van der Waals surface area contributed by atoms with Crippen molar-refractivity contribution in [3.05, 3.63) is 71.6 Å². The van der Waals surface area contributed by atoms with Crippen LogP contribution in [0, 0.1) is 11.7 Å². The number of urea groups is 1. The molecule has 0 saturated carbocycles. The first-order valence-electron chi connectivity index (χ1n) is 14.3. The van der Waals surface area contributed by atoms with E-state index in [-0.39, 0.29) is 17.8 Å². The first kappa shape index (κ1) is 25.8. The van der Waals surface area contributed by atoms with Crippen molar-refractivity contribution >= 4 is 39.6 Å². The van der Waals surface area contributed by atoms with Crippen LogP contribution in [0.1, 0.15) is 29.7 Å². The molecule has 1 fully saturated rings. The molecule has 4 aromatic rings. The van der Waals surface area contributed by atoms with E-state index in [1.165, 1.54) is 12.1 Å². The molecule has 0 atom stereocenters. The van der Waals surface area contributed by atoms with Gasteiger partial charge in [-0.15, -0.1) is 0 Å². The molecule has 0 radical (unpaired) electrons. The fourth-order valence-electron chi connectivity index (χ4n) is 6.76. The maximum Gasteiger partial charge on any atom is 0.320 e. The number of aromatic nitrogens is 3. The van der Waals surface area contributed by atoms with Gasteiger partial charge in [0.15, 0.2) is 0 Å². The molecule has 7 rings (SSSR count). The topological polar surface area (TPSA) is 78.1 Å². The quantitative estimate of drug-likeness (QED) is 0.417. The van der Waals surface area contributed by atoms with E-state index in [0.717, 1.165) is 60.5 Å². The van der Waals surface area contributed by atoms with E-state index in [2.05, 4.69) is 26.8 Å². The molecule has 0 spiro atoms. The summed E-state index contributed by atoms with van der Waals surface area (Å²) in [6.07, 6.45) is 7.85. The van der Waals surface area contributed by atoms with Gasteiger partial charge in [-0.05, 0) is 68.7 Å². The Hall–Kier alpha value is -4.18. The number of benzene rings is 1. The fraction of sp³-hybridized carbons (Fsp3) is 0.387. The van der Waals surface area contributed by atoms with Crippen LogP contribution in [-0.4, -0.2) is 87.4 Å². The minimum absolute atomic E-state index is 0.0277. The van der Waals surface area contributed by atoms with E-state index in [1.54, 1.807) is 6.20 Å². The Labute approximate surface area is 237 Å². The van der Waals surface area contributed by atoms with Gasteiger partial charge in [-0.25, -0.2) is 14.2 Å². The summed E-state index contributed by atoms with van der Waals surface area (Å²) in [7, 11) is 4.01. The summed E-state index contributed by atoms with van der Waals surface area (Å²) in [5.41, 5.74) is 5.34. The number of fused-ring (bicyclic) bond motifs is 1. The Kier molecular flexibility index (Phi) is 6.30. The highest BCUT2D eigenvalue weighted by Gasteiger charge is 2.32. The molecule has 1 saturated heterocycles. The van der Waals surface area contributed by atoms with Gasteiger partial charge < -0.3 is 24.6 Å². The molecule has 0 unspecified atom stereocenters. The molecule has 9 nitrogen and oxygen atoms in total. The Morgan fingerprint density at radius 2 is 2.00 bits per heavy atom. The molecule has 6 heterocycles. The number of nitrogens with zero attached hydrogens (tertiary/aromatic N) is 6. The molecule has 0 bridgehead atoms. The fourth-order valence-corrected chi connectivity index (χ4v) is 6.76. The molecule has 3 amide bonds. The Morgan fingerprint density at radius 1 is 1.17 bits per heavy atom. The predicted molar refractivity (Wildman–Crippen MR) is 156 cm³/mol. The average Bonchev–Trinajstić information content (AvgIpc) is 3.62. The van der Waals surface area contributed by atoms with Crippen LogP contribution >= 0.6 is 0 Å². The second-order valence-corrected chi connectivity index (χ2v) is 11.6. The number of carbonyl (C=O) groups is 2. The number of pyridine rings is 1. The van der Waals surface area contributed by atoms with Crippen LogP contribution in [-0.2, 0) is 17.9 Å². The number of hydrogen-bond donors (Lipinski definition) is 1. The average molecular weight is 556 g/mol. The van der Waals surface area contributed by atoms with Crippen molar-refractivity contribution in [2.75, 3.05) is 46.8 Å². The third-order valence-corrected chi connectivity index (χ3v) is 8.91. The van der Waals surface area contributed by atoms with Crippen LogP contribution < -0.4 is 5.32 Å². The summed E-state index contributed by atoms with van der Waals surface area (Å²) in [5.74, 6) is -0.0618. The number of hydrogen-bond acceptors (Lipinski definition) is 4. The second-order valence-electron chi connectivity index (χ2n) is 11.6. The third-order valence-electron chi connectivity index (χ3n) is 8.91. The summed E-state index contributed by atoms with van der Waals surface area (Å²) in [6.45, 7) is 4.60. The van der Waals surface area contributed by atoms with Gasteiger partial charge in [0.05, 0.1) is 23.0 Å².